The standard InChI is InChI=1S/C27H37N3O4/c1-29(18-9-19-30(2)21-27(33-22-31)16-7-4-8-17-27)20-26(32)28-23-12-14-25(15-13-23)34-24-10-5-3-6-11-24/h3,5-6,10-15,22H,4,7-9,16-21H2,1-2H3,(H,28,32). The maximum absolute atomic E-state index is 12.4. The van der Waals surface area contributed by atoms with E-state index in [0.29, 0.717) is 13.0 Å². The van der Waals surface area contributed by atoms with Gasteiger partial charge in [-0.3, -0.25) is 14.5 Å². The van der Waals surface area contributed by atoms with Gasteiger partial charge in [0.2, 0.25) is 5.91 Å². The third-order valence-electron chi connectivity index (χ3n) is 6.23. The summed E-state index contributed by atoms with van der Waals surface area (Å²) in [5.74, 6) is 1.45. The number of rotatable bonds is 13. The molecular weight excluding hydrogens is 430 g/mol. The minimum absolute atomic E-state index is 0.0480. The third kappa shape index (κ3) is 8.47. The first-order chi connectivity index (χ1) is 16.5. The van der Waals surface area contributed by atoms with Gasteiger partial charge in [-0.2, -0.15) is 0 Å². The van der Waals surface area contributed by atoms with Gasteiger partial charge in [-0.15, -0.1) is 0 Å². The summed E-state index contributed by atoms with van der Waals surface area (Å²) >= 11 is 0. The minimum Gasteiger partial charge on any atom is -0.460 e. The second kappa shape index (κ2) is 13.1. The molecule has 0 spiro atoms. The van der Waals surface area contributed by atoms with Gasteiger partial charge >= 0.3 is 0 Å². The molecule has 0 bridgehead atoms. The number of carbonyl (C=O) groups is 2. The molecule has 1 N–H and O–H groups in total. The number of hydrogen-bond acceptors (Lipinski definition) is 6. The molecule has 0 aromatic heterocycles. The zero-order chi connectivity index (χ0) is 24.2. The largest absolute Gasteiger partial charge is 0.460 e. The van der Waals surface area contributed by atoms with Crippen LogP contribution in [0.1, 0.15) is 38.5 Å². The predicted octanol–water partition coefficient (Wildman–Crippen LogP) is 4.55. The lowest BCUT2D eigenvalue weighted by Crippen LogP contribution is -2.45. The van der Waals surface area contributed by atoms with Gasteiger partial charge in [0.05, 0.1) is 6.54 Å². The average Bonchev–Trinajstić information content (AvgIpc) is 2.81. The number of ether oxygens (including phenoxy) is 2. The number of anilines is 1. The van der Waals surface area contributed by atoms with E-state index in [-0.39, 0.29) is 11.5 Å². The van der Waals surface area contributed by atoms with Crippen LogP contribution in [0.5, 0.6) is 11.5 Å². The first kappa shape index (κ1) is 25.7. The van der Waals surface area contributed by atoms with Crippen molar-refractivity contribution < 1.29 is 19.1 Å². The molecule has 1 aliphatic rings. The summed E-state index contributed by atoms with van der Waals surface area (Å²) in [5, 5.41) is 2.94. The fraction of sp³-hybridized carbons (Fsp3) is 0.481. The van der Waals surface area contributed by atoms with Crippen molar-refractivity contribution in [3.05, 3.63) is 54.6 Å². The summed E-state index contributed by atoms with van der Waals surface area (Å²) in [4.78, 5) is 27.7. The molecule has 3 rings (SSSR count). The third-order valence-corrected chi connectivity index (χ3v) is 6.23. The van der Waals surface area contributed by atoms with E-state index in [1.807, 2.05) is 66.5 Å². The normalized spacial score (nSPS) is 15.2. The molecule has 0 aliphatic heterocycles. The summed E-state index contributed by atoms with van der Waals surface area (Å²) in [6.45, 7) is 3.39. The fourth-order valence-corrected chi connectivity index (χ4v) is 4.55. The van der Waals surface area contributed by atoms with Gasteiger partial charge in [-0.05, 0) is 95.7 Å². The number of amides is 1. The van der Waals surface area contributed by atoms with Crippen molar-refractivity contribution in [1.82, 2.24) is 9.80 Å². The summed E-state index contributed by atoms with van der Waals surface area (Å²) in [6, 6.07) is 17.0. The van der Waals surface area contributed by atoms with Crippen molar-refractivity contribution in [2.24, 2.45) is 0 Å². The summed E-state index contributed by atoms with van der Waals surface area (Å²) < 4.78 is 11.3. The Bertz CT molecular complexity index is 883. The van der Waals surface area contributed by atoms with E-state index < -0.39 is 0 Å². The zero-order valence-electron chi connectivity index (χ0n) is 20.4. The number of nitrogens with zero attached hydrogens (tertiary/aromatic N) is 2. The highest BCUT2D eigenvalue weighted by atomic mass is 16.5. The lowest BCUT2D eigenvalue weighted by Gasteiger charge is -2.38. The maximum atomic E-state index is 12.4. The number of nitrogens with one attached hydrogen (secondary N) is 1. The predicted molar refractivity (Wildman–Crippen MR) is 134 cm³/mol. The number of hydrogen-bond donors (Lipinski definition) is 1. The topological polar surface area (TPSA) is 71.1 Å². The van der Waals surface area contributed by atoms with E-state index in [0.717, 1.165) is 68.9 Å². The van der Waals surface area contributed by atoms with Gasteiger partial charge < -0.3 is 19.7 Å². The van der Waals surface area contributed by atoms with Crippen LogP contribution in [0.3, 0.4) is 0 Å². The second-order valence-corrected chi connectivity index (χ2v) is 9.27. The monoisotopic (exact) mass is 467 g/mol. The van der Waals surface area contributed by atoms with E-state index >= 15 is 0 Å². The van der Waals surface area contributed by atoms with Gasteiger partial charge in [-0.25, -0.2) is 0 Å². The van der Waals surface area contributed by atoms with Crippen molar-refractivity contribution in [1.29, 1.82) is 0 Å². The highest BCUT2D eigenvalue weighted by Gasteiger charge is 2.34. The molecule has 1 amide bonds. The Hall–Kier alpha value is -2.90. The number of carbonyl (C=O) groups excluding carboxylic acids is 2. The molecule has 34 heavy (non-hydrogen) atoms. The van der Waals surface area contributed by atoms with Gasteiger partial charge in [0.25, 0.3) is 6.47 Å². The van der Waals surface area contributed by atoms with Crippen LogP contribution >= 0.6 is 0 Å². The Morgan fingerprint density at radius 1 is 0.941 bits per heavy atom. The van der Waals surface area contributed by atoms with Crippen molar-refractivity contribution >= 4 is 18.1 Å². The molecule has 0 radical (unpaired) electrons. The van der Waals surface area contributed by atoms with E-state index in [1.54, 1.807) is 0 Å². The smallest absolute Gasteiger partial charge is 0.293 e. The van der Waals surface area contributed by atoms with Gasteiger partial charge in [0.1, 0.15) is 17.1 Å². The molecule has 7 heteroatoms. The molecule has 1 fully saturated rings. The lowest BCUT2D eigenvalue weighted by molar-refractivity contribution is -0.149. The Labute approximate surface area is 203 Å². The van der Waals surface area contributed by atoms with Crippen molar-refractivity contribution in [2.45, 2.75) is 44.1 Å². The molecular formula is C27H37N3O4. The molecule has 7 nitrogen and oxygen atoms in total. The Morgan fingerprint density at radius 2 is 1.59 bits per heavy atom. The molecule has 0 heterocycles. The second-order valence-electron chi connectivity index (χ2n) is 9.27. The van der Waals surface area contributed by atoms with Crippen molar-refractivity contribution in [3.8, 4) is 11.5 Å². The number of para-hydroxylation sites is 1. The van der Waals surface area contributed by atoms with Gasteiger partial charge in [-0.1, -0.05) is 24.6 Å². The van der Waals surface area contributed by atoms with E-state index in [4.69, 9.17) is 9.47 Å². The van der Waals surface area contributed by atoms with Crippen LogP contribution in [0.15, 0.2) is 54.6 Å². The van der Waals surface area contributed by atoms with E-state index in [2.05, 4.69) is 17.3 Å². The fourth-order valence-electron chi connectivity index (χ4n) is 4.55. The van der Waals surface area contributed by atoms with Crippen LogP contribution in [0.2, 0.25) is 0 Å². The molecule has 0 atom stereocenters. The molecule has 1 saturated carbocycles. The Balaban J connectivity index is 1.35. The summed E-state index contributed by atoms with van der Waals surface area (Å²) in [6.07, 6.45) is 6.25. The SMILES string of the molecule is CN(CCCN(C)CC1(OC=O)CCCCC1)CC(=O)Nc1ccc(Oc2ccccc2)cc1. The van der Waals surface area contributed by atoms with E-state index in [9.17, 15) is 9.59 Å². The minimum atomic E-state index is -0.331. The Morgan fingerprint density at radius 3 is 2.26 bits per heavy atom. The quantitative estimate of drug-likeness (QED) is 0.436. The molecule has 2 aromatic carbocycles. The van der Waals surface area contributed by atoms with Crippen LogP contribution in [0.4, 0.5) is 5.69 Å². The summed E-state index contributed by atoms with van der Waals surface area (Å²) in [5.41, 5.74) is 0.411. The van der Waals surface area contributed by atoms with Gasteiger partial charge in [0, 0.05) is 12.2 Å². The number of benzene rings is 2. The molecule has 2 aromatic rings. The van der Waals surface area contributed by atoms with Crippen LogP contribution in [0, 0.1) is 0 Å². The van der Waals surface area contributed by atoms with Crippen LogP contribution in [0.25, 0.3) is 0 Å². The lowest BCUT2D eigenvalue weighted by atomic mass is 9.84. The van der Waals surface area contributed by atoms with Crippen LogP contribution in [-0.2, 0) is 14.3 Å². The van der Waals surface area contributed by atoms with Crippen molar-refractivity contribution in [3.63, 3.8) is 0 Å². The Kier molecular flexibility index (Phi) is 9.91. The molecule has 1 aliphatic carbocycles. The molecule has 0 saturated heterocycles. The first-order valence-corrected chi connectivity index (χ1v) is 12.1. The average molecular weight is 468 g/mol. The number of likely N-dealkylation sites (N-methyl/N-ethyl adjacent to an activating group) is 2. The molecule has 0 unspecified atom stereocenters. The van der Waals surface area contributed by atoms with Crippen molar-refractivity contribution in [2.75, 3.05) is 45.6 Å². The van der Waals surface area contributed by atoms with Gasteiger partial charge in [0.15, 0.2) is 0 Å². The van der Waals surface area contributed by atoms with Crippen LogP contribution in [-0.4, -0.2) is 68.1 Å². The first-order valence-electron chi connectivity index (χ1n) is 12.1. The zero-order valence-corrected chi connectivity index (χ0v) is 20.4. The van der Waals surface area contributed by atoms with Crippen LogP contribution < -0.4 is 10.1 Å². The molecule has 184 valence electrons. The maximum Gasteiger partial charge on any atom is 0.293 e. The van der Waals surface area contributed by atoms with E-state index in [1.165, 1.54) is 6.42 Å². The highest BCUT2D eigenvalue weighted by Crippen LogP contribution is 2.31. The highest BCUT2D eigenvalue weighted by molar-refractivity contribution is 5.92. The summed E-state index contributed by atoms with van der Waals surface area (Å²) in [7, 11) is 4.02.